The molecule has 1 unspecified atom stereocenters. The Labute approximate surface area is 179 Å². The number of benzene rings is 3. The highest BCUT2D eigenvalue weighted by atomic mass is 35.5. The van der Waals surface area contributed by atoms with Gasteiger partial charge in [0.1, 0.15) is 6.04 Å². The molecule has 4 nitrogen and oxygen atoms in total. The molecular formula is C23H19Cl2N3O. The number of aromatic nitrogens is 2. The fraction of sp³-hybridized carbons (Fsp3) is 0.130. The average molecular weight is 424 g/mol. The number of rotatable bonds is 7. The van der Waals surface area contributed by atoms with E-state index in [1.807, 2.05) is 78.9 Å². The molecule has 0 bridgehead atoms. The lowest BCUT2D eigenvalue weighted by molar-refractivity contribution is 0.440. The van der Waals surface area contributed by atoms with E-state index in [9.17, 15) is 0 Å². The van der Waals surface area contributed by atoms with E-state index in [1.54, 1.807) is 0 Å². The van der Waals surface area contributed by atoms with E-state index >= 15 is 0 Å². The van der Waals surface area contributed by atoms with Crippen LogP contribution < -0.4 is 5.32 Å². The van der Waals surface area contributed by atoms with Gasteiger partial charge in [0, 0.05) is 22.2 Å². The van der Waals surface area contributed by atoms with E-state index < -0.39 is 0 Å². The predicted octanol–water partition coefficient (Wildman–Crippen LogP) is 5.97. The summed E-state index contributed by atoms with van der Waals surface area (Å²) in [6.45, 7) is 0.734. The number of hydrogen-bond donors (Lipinski definition) is 1. The molecule has 4 aromatic rings. The second-order valence-corrected chi connectivity index (χ2v) is 7.50. The van der Waals surface area contributed by atoms with Crippen LogP contribution in [0.1, 0.15) is 23.1 Å². The van der Waals surface area contributed by atoms with Crippen LogP contribution in [-0.2, 0) is 6.42 Å². The van der Waals surface area contributed by atoms with Crippen molar-refractivity contribution in [3.8, 4) is 11.5 Å². The van der Waals surface area contributed by atoms with Crippen LogP contribution in [0, 0.1) is 0 Å². The standard InChI is InChI=1S/C23H19Cl2N3O/c24-19-10-6-16(7-11-19)14-15-26-21(17-8-12-20(25)13-9-17)23-28-27-22(29-23)18-4-2-1-3-5-18/h1-13,21,26H,14-15H2. The van der Waals surface area contributed by atoms with Crippen molar-refractivity contribution >= 4 is 23.2 Å². The van der Waals surface area contributed by atoms with Crippen LogP contribution in [0.25, 0.3) is 11.5 Å². The Hall–Kier alpha value is -2.66. The summed E-state index contributed by atoms with van der Waals surface area (Å²) in [6, 6.07) is 25.0. The summed E-state index contributed by atoms with van der Waals surface area (Å²) in [4.78, 5) is 0. The van der Waals surface area contributed by atoms with Gasteiger partial charge in [-0.25, -0.2) is 0 Å². The van der Waals surface area contributed by atoms with Crippen LogP contribution in [0.2, 0.25) is 10.0 Å². The maximum Gasteiger partial charge on any atom is 0.247 e. The fourth-order valence-corrected chi connectivity index (χ4v) is 3.32. The minimum Gasteiger partial charge on any atom is -0.419 e. The number of hydrogen-bond acceptors (Lipinski definition) is 4. The second-order valence-electron chi connectivity index (χ2n) is 6.63. The summed E-state index contributed by atoms with van der Waals surface area (Å²) >= 11 is 12.0. The first-order chi connectivity index (χ1) is 14.2. The zero-order valence-electron chi connectivity index (χ0n) is 15.6. The maximum atomic E-state index is 6.06. The van der Waals surface area contributed by atoms with Crippen LogP contribution in [0.5, 0.6) is 0 Å². The minimum absolute atomic E-state index is 0.232. The van der Waals surface area contributed by atoms with Gasteiger partial charge in [0.15, 0.2) is 0 Å². The summed E-state index contributed by atoms with van der Waals surface area (Å²) in [5.41, 5.74) is 3.10. The summed E-state index contributed by atoms with van der Waals surface area (Å²) in [6.07, 6.45) is 0.848. The van der Waals surface area contributed by atoms with Gasteiger partial charge < -0.3 is 9.73 Å². The molecule has 0 aliphatic rings. The topological polar surface area (TPSA) is 51.0 Å². The van der Waals surface area contributed by atoms with E-state index in [4.69, 9.17) is 27.6 Å². The number of nitrogens with zero attached hydrogens (tertiary/aromatic N) is 2. The Morgan fingerprint density at radius 1 is 0.793 bits per heavy atom. The molecule has 29 heavy (non-hydrogen) atoms. The van der Waals surface area contributed by atoms with E-state index in [2.05, 4.69) is 15.5 Å². The quantitative estimate of drug-likeness (QED) is 0.398. The summed E-state index contributed by atoms with van der Waals surface area (Å²) < 4.78 is 6.00. The molecule has 0 fully saturated rings. The Kier molecular flexibility index (Phi) is 6.25. The van der Waals surface area contributed by atoms with Crippen LogP contribution in [-0.4, -0.2) is 16.7 Å². The summed E-state index contributed by atoms with van der Waals surface area (Å²) in [7, 11) is 0. The highest BCUT2D eigenvalue weighted by Crippen LogP contribution is 2.26. The second kappa shape index (κ2) is 9.23. The van der Waals surface area contributed by atoms with Crippen LogP contribution in [0.15, 0.2) is 83.3 Å². The molecule has 4 rings (SSSR count). The Morgan fingerprint density at radius 2 is 1.45 bits per heavy atom. The average Bonchev–Trinajstić information content (AvgIpc) is 3.24. The summed E-state index contributed by atoms with van der Waals surface area (Å²) in [5, 5.41) is 13.5. The third kappa shape index (κ3) is 5.04. The molecule has 1 heterocycles. The Morgan fingerprint density at radius 3 is 2.14 bits per heavy atom. The SMILES string of the molecule is Clc1ccc(CCNC(c2ccc(Cl)cc2)c2nnc(-c3ccccc3)o2)cc1. The van der Waals surface area contributed by atoms with Gasteiger partial charge in [-0.2, -0.15) is 0 Å². The van der Waals surface area contributed by atoms with Crippen molar-refractivity contribution in [2.24, 2.45) is 0 Å². The lowest BCUT2D eigenvalue weighted by atomic mass is 10.1. The number of nitrogens with one attached hydrogen (secondary N) is 1. The molecule has 3 aromatic carbocycles. The molecule has 0 amide bonds. The molecule has 1 atom stereocenters. The monoisotopic (exact) mass is 423 g/mol. The van der Waals surface area contributed by atoms with Crippen molar-refractivity contribution in [1.82, 2.24) is 15.5 Å². The van der Waals surface area contributed by atoms with E-state index in [0.717, 1.165) is 29.1 Å². The van der Waals surface area contributed by atoms with Gasteiger partial charge in [0.05, 0.1) is 0 Å². The van der Waals surface area contributed by atoms with Crippen molar-refractivity contribution in [2.45, 2.75) is 12.5 Å². The van der Waals surface area contributed by atoms with E-state index in [0.29, 0.717) is 16.8 Å². The van der Waals surface area contributed by atoms with Gasteiger partial charge in [-0.1, -0.05) is 65.7 Å². The van der Waals surface area contributed by atoms with Crippen molar-refractivity contribution < 1.29 is 4.42 Å². The van der Waals surface area contributed by atoms with Gasteiger partial charge in [-0.15, -0.1) is 10.2 Å². The van der Waals surface area contributed by atoms with Crippen LogP contribution >= 0.6 is 23.2 Å². The van der Waals surface area contributed by atoms with Gasteiger partial charge in [-0.05, 0) is 53.9 Å². The first-order valence-electron chi connectivity index (χ1n) is 9.31. The van der Waals surface area contributed by atoms with Crippen molar-refractivity contribution in [1.29, 1.82) is 0 Å². The Balaban J connectivity index is 1.54. The molecule has 0 aliphatic heterocycles. The van der Waals surface area contributed by atoms with Gasteiger partial charge >= 0.3 is 0 Å². The first-order valence-corrected chi connectivity index (χ1v) is 10.1. The molecule has 0 spiro atoms. The number of halogens is 2. The normalized spacial score (nSPS) is 12.1. The molecule has 0 aliphatic carbocycles. The molecule has 1 N–H and O–H groups in total. The minimum atomic E-state index is -0.232. The van der Waals surface area contributed by atoms with Crippen molar-refractivity contribution in [3.05, 3.63) is 106 Å². The highest BCUT2D eigenvalue weighted by molar-refractivity contribution is 6.30. The highest BCUT2D eigenvalue weighted by Gasteiger charge is 2.21. The Bertz CT molecular complexity index is 1050. The molecule has 6 heteroatoms. The predicted molar refractivity (Wildman–Crippen MR) is 116 cm³/mol. The zero-order chi connectivity index (χ0) is 20.1. The van der Waals surface area contributed by atoms with Crippen LogP contribution in [0.4, 0.5) is 0 Å². The van der Waals surface area contributed by atoms with Gasteiger partial charge in [-0.3, -0.25) is 0 Å². The van der Waals surface area contributed by atoms with E-state index in [-0.39, 0.29) is 6.04 Å². The third-order valence-corrected chi connectivity index (χ3v) is 5.09. The maximum absolute atomic E-state index is 6.06. The summed E-state index contributed by atoms with van der Waals surface area (Å²) in [5.74, 6) is 1.02. The third-order valence-electron chi connectivity index (χ3n) is 4.59. The first kappa shape index (κ1) is 19.6. The molecule has 0 radical (unpaired) electrons. The lowest BCUT2D eigenvalue weighted by Gasteiger charge is -2.16. The van der Waals surface area contributed by atoms with Gasteiger partial charge in [0.2, 0.25) is 11.8 Å². The molecule has 0 saturated carbocycles. The van der Waals surface area contributed by atoms with Crippen molar-refractivity contribution in [2.75, 3.05) is 6.54 Å². The van der Waals surface area contributed by atoms with Gasteiger partial charge in [0.25, 0.3) is 0 Å². The molecule has 0 saturated heterocycles. The fourth-order valence-electron chi connectivity index (χ4n) is 3.06. The molecule has 1 aromatic heterocycles. The molecule has 146 valence electrons. The smallest absolute Gasteiger partial charge is 0.247 e. The lowest BCUT2D eigenvalue weighted by Crippen LogP contribution is -2.25. The largest absolute Gasteiger partial charge is 0.419 e. The van der Waals surface area contributed by atoms with Crippen LogP contribution in [0.3, 0.4) is 0 Å². The van der Waals surface area contributed by atoms with E-state index in [1.165, 1.54) is 5.56 Å². The molecular weight excluding hydrogens is 405 g/mol. The van der Waals surface area contributed by atoms with Crippen molar-refractivity contribution in [3.63, 3.8) is 0 Å². The zero-order valence-corrected chi connectivity index (χ0v) is 17.1.